The van der Waals surface area contributed by atoms with E-state index in [1.807, 2.05) is 6.20 Å². The Morgan fingerprint density at radius 1 is 1.55 bits per heavy atom. The van der Waals surface area contributed by atoms with E-state index in [0.29, 0.717) is 0 Å². The number of anilines is 1. The molecule has 0 spiro atoms. The molecular weight excluding hydrogens is 366 g/mol. The Bertz CT molecular complexity index is 288. The summed E-state index contributed by atoms with van der Waals surface area (Å²) in [6.45, 7) is 1.12. The molecule has 0 aliphatic carbocycles. The minimum atomic E-state index is 1.12. The van der Waals surface area contributed by atoms with E-state index in [4.69, 9.17) is 0 Å². The van der Waals surface area contributed by atoms with Crippen molar-refractivity contribution >= 4 is 51.1 Å². The number of fused-ring (bicyclic) bond motifs is 1. The van der Waals surface area contributed by atoms with Crippen molar-refractivity contribution in [1.82, 2.24) is 4.98 Å². The molecule has 0 amide bonds. The summed E-state index contributed by atoms with van der Waals surface area (Å²) in [7, 11) is 0. The van der Waals surface area contributed by atoms with Crippen LogP contribution in [0.5, 0.6) is 0 Å². The smallest absolute Gasteiger partial charge is 0.125 e. The third-order valence-corrected chi connectivity index (χ3v) is 3.54. The summed E-state index contributed by atoms with van der Waals surface area (Å²) in [5.41, 5.74) is 2.74. The van der Waals surface area contributed by atoms with Gasteiger partial charge in [-0.1, -0.05) is 0 Å². The molecule has 58 valence electrons. The van der Waals surface area contributed by atoms with Crippen LogP contribution in [-0.4, -0.2) is 11.5 Å². The molecule has 0 N–H and O–H groups in total. The summed E-state index contributed by atoms with van der Waals surface area (Å²) in [6, 6.07) is 2.11. The first-order valence-corrected chi connectivity index (χ1v) is 5.40. The fourth-order valence-corrected chi connectivity index (χ4v) is 3.29. The lowest BCUT2D eigenvalue weighted by Gasteiger charge is -2.09. The first-order valence-electron chi connectivity index (χ1n) is 3.36. The van der Waals surface area contributed by atoms with Gasteiger partial charge in [0.15, 0.2) is 0 Å². The number of pyridine rings is 1. The monoisotopic (exact) mass is 372 g/mol. The number of hydrogen-bond donors (Lipinski definition) is 0. The van der Waals surface area contributed by atoms with E-state index in [2.05, 4.69) is 59.6 Å². The average molecular weight is 372 g/mol. The number of hydrogen-bond acceptors (Lipinski definition) is 2. The van der Waals surface area contributed by atoms with Gasteiger partial charge in [-0.2, -0.15) is 0 Å². The van der Waals surface area contributed by atoms with Gasteiger partial charge in [0.25, 0.3) is 0 Å². The van der Waals surface area contributed by atoms with Crippen molar-refractivity contribution in [2.45, 2.75) is 6.42 Å². The molecule has 1 aliphatic heterocycles. The Hall–Kier alpha value is 0.410. The highest BCUT2D eigenvalue weighted by Gasteiger charge is 2.19. The number of aromatic nitrogens is 1. The lowest BCUT2D eigenvalue weighted by atomic mass is 10.2. The van der Waals surface area contributed by atoms with Crippen molar-refractivity contribution in [3.63, 3.8) is 0 Å². The van der Waals surface area contributed by atoms with E-state index >= 15 is 0 Å². The van der Waals surface area contributed by atoms with Gasteiger partial charge in [0.1, 0.15) is 3.70 Å². The van der Waals surface area contributed by atoms with Crippen LogP contribution in [0.25, 0.3) is 0 Å². The SMILES string of the molecule is Ic1nccc2c1N(I)CC2. The number of rotatable bonds is 0. The van der Waals surface area contributed by atoms with Crippen LogP contribution in [0.3, 0.4) is 0 Å². The molecule has 1 aliphatic rings. The maximum Gasteiger partial charge on any atom is 0.125 e. The zero-order chi connectivity index (χ0) is 7.84. The summed E-state index contributed by atoms with van der Waals surface area (Å²) in [4.78, 5) is 4.24. The predicted octanol–water partition coefficient (Wildman–Crippen LogP) is 2.40. The second-order valence-corrected chi connectivity index (χ2v) is 4.63. The standard InChI is InChI=1S/C7H6I2N2/c8-7-6-5(1-3-10-7)2-4-11(6)9/h1,3H,2,4H2. The molecule has 0 saturated carbocycles. The van der Waals surface area contributed by atoms with Crippen LogP contribution in [0, 0.1) is 3.70 Å². The summed E-state index contributed by atoms with van der Waals surface area (Å²) in [5, 5.41) is 0. The highest BCUT2D eigenvalue weighted by Crippen LogP contribution is 2.33. The molecule has 0 unspecified atom stereocenters. The molecule has 0 radical (unpaired) electrons. The minimum Gasteiger partial charge on any atom is -0.312 e. The van der Waals surface area contributed by atoms with Crippen molar-refractivity contribution in [2.24, 2.45) is 0 Å². The van der Waals surface area contributed by atoms with Gasteiger partial charge in [-0.15, -0.1) is 0 Å². The van der Waals surface area contributed by atoms with Gasteiger partial charge in [-0.05, 0) is 40.6 Å². The third-order valence-electron chi connectivity index (χ3n) is 1.78. The maximum absolute atomic E-state index is 4.24. The van der Waals surface area contributed by atoms with Crippen molar-refractivity contribution < 1.29 is 0 Å². The first kappa shape index (κ1) is 8.03. The lowest BCUT2D eigenvalue weighted by molar-refractivity contribution is 1.07. The number of halogens is 2. The second-order valence-electron chi connectivity index (χ2n) is 2.45. The molecule has 2 rings (SSSR count). The van der Waals surface area contributed by atoms with Gasteiger partial charge >= 0.3 is 0 Å². The molecule has 0 fully saturated rings. The third kappa shape index (κ3) is 1.34. The zero-order valence-electron chi connectivity index (χ0n) is 5.72. The molecule has 4 heteroatoms. The Morgan fingerprint density at radius 3 is 3.09 bits per heavy atom. The van der Waals surface area contributed by atoms with Crippen LogP contribution >= 0.6 is 45.5 Å². The maximum atomic E-state index is 4.24. The van der Waals surface area contributed by atoms with E-state index in [-0.39, 0.29) is 0 Å². The van der Waals surface area contributed by atoms with E-state index in [1.165, 1.54) is 11.3 Å². The molecule has 11 heavy (non-hydrogen) atoms. The van der Waals surface area contributed by atoms with Crippen molar-refractivity contribution in [1.29, 1.82) is 0 Å². The predicted molar refractivity (Wildman–Crippen MR) is 62.0 cm³/mol. The van der Waals surface area contributed by atoms with Gasteiger partial charge < -0.3 is 3.11 Å². The normalized spacial score (nSPS) is 15.3. The van der Waals surface area contributed by atoms with Gasteiger partial charge in [0.05, 0.1) is 28.6 Å². The van der Waals surface area contributed by atoms with Crippen LogP contribution < -0.4 is 3.11 Å². The largest absolute Gasteiger partial charge is 0.312 e. The topological polar surface area (TPSA) is 16.1 Å². The fraction of sp³-hybridized carbons (Fsp3) is 0.286. The lowest BCUT2D eigenvalue weighted by Crippen LogP contribution is -2.05. The molecule has 1 aromatic heterocycles. The summed E-state index contributed by atoms with van der Waals surface area (Å²) >= 11 is 4.62. The van der Waals surface area contributed by atoms with Gasteiger partial charge in [-0.25, -0.2) is 4.98 Å². The highest BCUT2D eigenvalue weighted by atomic mass is 127. The molecule has 0 bridgehead atoms. The summed E-state index contributed by atoms with van der Waals surface area (Å²) in [6.07, 6.45) is 3.05. The highest BCUT2D eigenvalue weighted by molar-refractivity contribution is 14.1. The Kier molecular flexibility index (Phi) is 2.22. The molecule has 1 aromatic rings. The molecule has 0 aromatic carbocycles. The van der Waals surface area contributed by atoms with E-state index in [1.54, 1.807) is 0 Å². The molecule has 0 saturated heterocycles. The molecule has 2 heterocycles. The Labute approximate surface area is 93.0 Å². The molecule has 2 nitrogen and oxygen atoms in total. The van der Waals surface area contributed by atoms with Crippen LogP contribution in [0.2, 0.25) is 0 Å². The second kappa shape index (κ2) is 3.04. The van der Waals surface area contributed by atoms with Crippen LogP contribution in [0.1, 0.15) is 5.56 Å². The van der Waals surface area contributed by atoms with Crippen LogP contribution in [-0.2, 0) is 6.42 Å². The first-order chi connectivity index (χ1) is 5.29. The fourth-order valence-electron chi connectivity index (χ4n) is 1.25. The van der Waals surface area contributed by atoms with Crippen molar-refractivity contribution in [3.05, 3.63) is 21.5 Å². The van der Waals surface area contributed by atoms with Crippen molar-refractivity contribution in [2.75, 3.05) is 9.66 Å². The van der Waals surface area contributed by atoms with E-state index in [0.717, 1.165) is 16.7 Å². The van der Waals surface area contributed by atoms with Crippen LogP contribution in [0.4, 0.5) is 5.69 Å². The van der Waals surface area contributed by atoms with Gasteiger partial charge in [-0.3, -0.25) is 0 Å². The molecular formula is C7H6I2N2. The van der Waals surface area contributed by atoms with Gasteiger partial charge in [0.2, 0.25) is 0 Å². The Morgan fingerprint density at radius 2 is 2.36 bits per heavy atom. The van der Waals surface area contributed by atoms with Crippen LogP contribution in [0.15, 0.2) is 12.3 Å². The van der Waals surface area contributed by atoms with E-state index < -0.39 is 0 Å². The average Bonchev–Trinajstić information content (AvgIpc) is 2.34. The number of nitrogens with zero attached hydrogens (tertiary/aromatic N) is 2. The zero-order valence-corrected chi connectivity index (χ0v) is 10.0. The Balaban J connectivity index is 2.58. The van der Waals surface area contributed by atoms with Crippen molar-refractivity contribution in [3.8, 4) is 0 Å². The minimum absolute atomic E-state index is 1.12. The summed E-state index contributed by atoms with van der Waals surface area (Å²) < 4.78 is 3.36. The van der Waals surface area contributed by atoms with E-state index in [9.17, 15) is 0 Å². The van der Waals surface area contributed by atoms with Gasteiger partial charge in [0, 0.05) is 12.7 Å². The quantitative estimate of drug-likeness (QED) is 0.395. The summed E-state index contributed by atoms with van der Waals surface area (Å²) in [5.74, 6) is 0. The molecule has 0 atom stereocenters.